The van der Waals surface area contributed by atoms with Gasteiger partial charge in [0.1, 0.15) is 0 Å². The number of fused-ring (bicyclic) bond motifs is 1. The second-order valence-corrected chi connectivity index (χ2v) is 5.24. The molecule has 0 N–H and O–H groups in total. The lowest BCUT2D eigenvalue weighted by atomic mass is 9.98. The Labute approximate surface area is 107 Å². The van der Waals surface area contributed by atoms with Crippen LogP contribution in [0.2, 0.25) is 0 Å². The Morgan fingerprint density at radius 1 is 1.35 bits per heavy atom. The summed E-state index contributed by atoms with van der Waals surface area (Å²) in [5.41, 5.74) is 6.00. The fourth-order valence-electron chi connectivity index (χ4n) is 2.21. The summed E-state index contributed by atoms with van der Waals surface area (Å²) in [7, 11) is 0. The molecule has 1 heterocycles. The first kappa shape index (κ1) is 12.3. The van der Waals surface area contributed by atoms with Crippen molar-refractivity contribution in [1.29, 1.82) is 0 Å². The van der Waals surface area contributed by atoms with E-state index in [4.69, 9.17) is 0 Å². The van der Waals surface area contributed by atoms with Crippen molar-refractivity contribution in [3.8, 4) is 0 Å². The number of hydrogen-bond donors (Lipinski definition) is 0. The Morgan fingerprint density at radius 2 is 2.24 bits per heavy atom. The number of rotatable bonds is 6. The Balaban J connectivity index is 2.34. The fraction of sp³-hybridized carbons (Fsp3) is 0.400. The van der Waals surface area contributed by atoms with Gasteiger partial charge in [0.25, 0.3) is 0 Å². The van der Waals surface area contributed by atoms with E-state index in [1.807, 2.05) is 11.6 Å². The zero-order valence-electron chi connectivity index (χ0n) is 10.4. The van der Waals surface area contributed by atoms with Crippen molar-refractivity contribution in [2.24, 2.45) is 0 Å². The minimum atomic E-state index is 0.953. The second kappa shape index (κ2) is 5.97. The van der Waals surface area contributed by atoms with Gasteiger partial charge in [-0.3, -0.25) is 0 Å². The quantitative estimate of drug-likeness (QED) is 0.528. The molecule has 0 amide bonds. The number of nitrogens with zero attached hydrogens (tertiary/aromatic N) is 1. The minimum Gasteiger partial charge on any atom is -0.244 e. The summed E-state index contributed by atoms with van der Waals surface area (Å²) >= 11 is 1.73. The highest BCUT2D eigenvalue weighted by Gasteiger charge is 2.08. The summed E-state index contributed by atoms with van der Waals surface area (Å²) in [5.74, 6) is 0. The number of aromatic nitrogens is 1. The maximum atomic E-state index is 4.52. The molecule has 0 radical (unpaired) electrons. The third kappa shape index (κ3) is 2.75. The van der Waals surface area contributed by atoms with E-state index in [1.165, 1.54) is 40.6 Å². The molecule has 2 rings (SSSR count). The maximum absolute atomic E-state index is 4.52. The van der Waals surface area contributed by atoms with E-state index in [9.17, 15) is 0 Å². The van der Waals surface area contributed by atoms with Crippen LogP contribution in [-0.4, -0.2) is 4.98 Å². The van der Waals surface area contributed by atoms with Crippen LogP contribution >= 0.6 is 11.3 Å². The van der Waals surface area contributed by atoms with Gasteiger partial charge in [0.2, 0.25) is 0 Å². The van der Waals surface area contributed by atoms with Crippen molar-refractivity contribution >= 4 is 21.6 Å². The molecule has 90 valence electrons. The van der Waals surface area contributed by atoms with Gasteiger partial charge in [-0.05, 0) is 36.5 Å². The molecule has 0 aliphatic carbocycles. The topological polar surface area (TPSA) is 12.9 Å². The van der Waals surface area contributed by atoms with Crippen LogP contribution in [0.25, 0.3) is 10.2 Å². The van der Waals surface area contributed by atoms with Crippen LogP contribution in [0.3, 0.4) is 0 Å². The standard InChI is InChI=1S/C15H19NS/c1-3-5-6-8-13-12(7-4-2)9-10-14-15(13)16-11-17-14/h4,9-11H,2-3,5-8H2,1H3. The highest BCUT2D eigenvalue weighted by molar-refractivity contribution is 7.16. The minimum absolute atomic E-state index is 0.953. The molecule has 2 aromatic rings. The van der Waals surface area contributed by atoms with Crippen molar-refractivity contribution in [3.05, 3.63) is 41.4 Å². The number of aryl methyl sites for hydroxylation is 1. The van der Waals surface area contributed by atoms with Crippen LogP contribution < -0.4 is 0 Å². The molecule has 0 unspecified atom stereocenters. The summed E-state index contributed by atoms with van der Waals surface area (Å²) < 4.78 is 1.31. The normalized spacial score (nSPS) is 10.9. The first-order valence-corrected chi connectivity index (χ1v) is 7.19. The zero-order valence-corrected chi connectivity index (χ0v) is 11.2. The second-order valence-electron chi connectivity index (χ2n) is 4.35. The molecule has 0 atom stereocenters. The first-order chi connectivity index (χ1) is 8.36. The van der Waals surface area contributed by atoms with Gasteiger partial charge >= 0.3 is 0 Å². The number of thiazole rings is 1. The monoisotopic (exact) mass is 245 g/mol. The van der Waals surface area contributed by atoms with E-state index < -0.39 is 0 Å². The lowest BCUT2D eigenvalue weighted by molar-refractivity contribution is 0.716. The number of allylic oxidation sites excluding steroid dienone is 1. The number of hydrogen-bond acceptors (Lipinski definition) is 2. The van der Waals surface area contributed by atoms with Crippen LogP contribution in [0.15, 0.2) is 30.3 Å². The Hall–Kier alpha value is -1.15. The van der Waals surface area contributed by atoms with Gasteiger partial charge in [0.05, 0.1) is 15.7 Å². The molecule has 1 nitrogen and oxygen atoms in total. The van der Waals surface area contributed by atoms with Crippen molar-refractivity contribution in [2.75, 3.05) is 0 Å². The fourth-order valence-corrected chi connectivity index (χ4v) is 2.91. The molecule has 0 spiro atoms. The van der Waals surface area contributed by atoms with Gasteiger partial charge in [-0.1, -0.05) is 31.9 Å². The third-order valence-electron chi connectivity index (χ3n) is 3.10. The molecule has 0 aliphatic heterocycles. The maximum Gasteiger partial charge on any atom is 0.0846 e. The van der Waals surface area contributed by atoms with E-state index in [-0.39, 0.29) is 0 Å². The van der Waals surface area contributed by atoms with E-state index >= 15 is 0 Å². The van der Waals surface area contributed by atoms with Gasteiger partial charge in [0.15, 0.2) is 0 Å². The average molecular weight is 245 g/mol. The van der Waals surface area contributed by atoms with E-state index in [0.717, 1.165) is 12.8 Å². The smallest absolute Gasteiger partial charge is 0.0846 e. The van der Waals surface area contributed by atoms with Gasteiger partial charge in [0, 0.05) is 0 Å². The van der Waals surface area contributed by atoms with Gasteiger partial charge in [-0.15, -0.1) is 17.9 Å². The van der Waals surface area contributed by atoms with Gasteiger partial charge in [-0.2, -0.15) is 0 Å². The number of unbranched alkanes of at least 4 members (excludes halogenated alkanes) is 2. The highest BCUT2D eigenvalue weighted by Crippen LogP contribution is 2.26. The van der Waals surface area contributed by atoms with E-state index in [2.05, 4.69) is 30.6 Å². The predicted octanol–water partition coefficient (Wildman–Crippen LogP) is 4.76. The first-order valence-electron chi connectivity index (χ1n) is 6.31. The summed E-state index contributed by atoms with van der Waals surface area (Å²) in [5, 5.41) is 0. The molecule has 0 saturated carbocycles. The lowest BCUT2D eigenvalue weighted by Crippen LogP contribution is -1.95. The van der Waals surface area contributed by atoms with Crippen LogP contribution in [0.5, 0.6) is 0 Å². The third-order valence-corrected chi connectivity index (χ3v) is 3.89. The van der Waals surface area contributed by atoms with E-state index in [0.29, 0.717) is 0 Å². The summed E-state index contributed by atoms with van der Waals surface area (Å²) in [6.07, 6.45) is 7.92. The highest BCUT2D eigenvalue weighted by atomic mass is 32.1. The van der Waals surface area contributed by atoms with Crippen LogP contribution in [-0.2, 0) is 12.8 Å². The van der Waals surface area contributed by atoms with Crippen LogP contribution in [0.4, 0.5) is 0 Å². The molecule has 17 heavy (non-hydrogen) atoms. The molecule has 0 bridgehead atoms. The van der Waals surface area contributed by atoms with Crippen LogP contribution in [0.1, 0.15) is 37.3 Å². The average Bonchev–Trinajstić information content (AvgIpc) is 2.80. The van der Waals surface area contributed by atoms with Crippen molar-refractivity contribution in [1.82, 2.24) is 4.98 Å². The van der Waals surface area contributed by atoms with Crippen molar-refractivity contribution < 1.29 is 0 Å². The molecular formula is C15H19NS. The molecule has 0 aliphatic rings. The molecule has 1 aromatic carbocycles. The Kier molecular flexibility index (Phi) is 4.32. The lowest BCUT2D eigenvalue weighted by Gasteiger charge is -2.08. The SMILES string of the molecule is C=CCc1ccc2scnc2c1CCCCC. The molecule has 0 fully saturated rings. The predicted molar refractivity (Wildman–Crippen MR) is 76.8 cm³/mol. The van der Waals surface area contributed by atoms with Gasteiger partial charge in [-0.25, -0.2) is 4.98 Å². The summed E-state index contributed by atoms with van der Waals surface area (Å²) in [6, 6.07) is 4.43. The van der Waals surface area contributed by atoms with E-state index in [1.54, 1.807) is 11.3 Å². The molecular weight excluding hydrogens is 226 g/mol. The number of benzene rings is 1. The van der Waals surface area contributed by atoms with Crippen molar-refractivity contribution in [2.45, 2.75) is 39.0 Å². The molecule has 0 saturated heterocycles. The Morgan fingerprint density at radius 3 is 3.00 bits per heavy atom. The molecule has 1 aromatic heterocycles. The molecule has 2 heteroatoms. The summed E-state index contributed by atoms with van der Waals surface area (Å²) in [6.45, 7) is 6.09. The summed E-state index contributed by atoms with van der Waals surface area (Å²) in [4.78, 5) is 4.52. The van der Waals surface area contributed by atoms with Gasteiger partial charge < -0.3 is 0 Å². The van der Waals surface area contributed by atoms with Crippen LogP contribution in [0, 0.1) is 0 Å². The zero-order chi connectivity index (χ0) is 12.1. The largest absolute Gasteiger partial charge is 0.244 e. The van der Waals surface area contributed by atoms with Crippen molar-refractivity contribution in [3.63, 3.8) is 0 Å². The Bertz CT molecular complexity index is 499.